The summed E-state index contributed by atoms with van der Waals surface area (Å²) in [6, 6.07) is 7.99. The second-order valence-electron chi connectivity index (χ2n) is 7.52. The lowest BCUT2D eigenvalue weighted by Crippen LogP contribution is -2.48. The zero-order valence-corrected chi connectivity index (χ0v) is 17.5. The molecule has 0 saturated carbocycles. The molecular weight excluding hydrogens is 400 g/mol. The minimum absolute atomic E-state index is 0.0472. The molecule has 0 bridgehead atoms. The Morgan fingerprint density at radius 3 is 2.80 bits per heavy atom. The van der Waals surface area contributed by atoms with Gasteiger partial charge in [0.05, 0.1) is 19.3 Å². The van der Waals surface area contributed by atoms with Crippen LogP contribution >= 0.6 is 11.3 Å². The van der Waals surface area contributed by atoms with Gasteiger partial charge in [-0.25, -0.2) is 15.0 Å². The van der Waals surface area contributed by atoms with Crippen molar-refractivity contribution in [2.75, 3.05) is 26.8 Å². The first-order chi connectivity index (χ1) is 14.7. The van der Waals surface area contributed by atoms with Crippen LogP contribution in [-0.2, 0) is 16.8 Å². The third-order valence-electron chi connectivity index (χ3n) is 5.89. The van der Waals surface area contributed by atoms with Crippen LogP contribution in [-0.4, -0.2) is 52.6 Å². The minimum atomic E-state index is -0.318. The Labute approximate surface area is 178 Å². The van der Waals surface area contributed by atoms with Crippen molar-refractivity contribution in [3.05, 3.63) is 58.9 Å². The highest BCUT2D eigenvalue weighted by atomic mass is 32.1. The Morgan fingerprint density at radius 2 is 2.03 bits per heavy atom. The zero-order valence-electron chi connectivity index (χ0n) is 16.7. The summed E-state index contributed by atoms with van der Waals surface area (Å²) in [5.41, 5.74) is 2.65. The molecule has 0 unspecified atom stereocenters. The van der Waals surface area contributed by atoms with Gasteiger partial charge in [-0.05, 0) is 48.6 Å². The van der Waals surface area contributed by atoms with E-state index in [0.717, 1.165) is 25.0 Å². The number of thiazole rings is 1. The molecule has 0 radical (unpaired) electrons. The summed E-state index contributed by atoms with van der Waals surface area (Å²) in [6.07, 6.45) is 5.79. The van der Waals surface area contributed by atoms with Crippen molar-refractivity contribution < 1.29 is 14.3 Å². The van der Waals surface area contributed by atoms with Gasteiger partial charge in [-0.1, -0.05) is 6.07 Å². The summed E-state index contributed by atoms with van der Waals surface area (Å²) >= 11 is 1.39. The van der Waals surface area contributed by atoms with E-state index in [-0.39, 0.29) is 11.5 Å². The first-order valence-electron chi connectivity index (χ1n) is 10.0. The highest BCUT2D eigenvalue weighted by Crippen LogP contribution is 2.42. The van der Waals surface area contributed by atoms with Gasteiger partial charge in [-0.3, -0.25) is 4.79 Å². The average Bonchev–Trinajstić information content (AvgIpc) is 3.30. The predicted octanol–water partition coefficient (Wildman–Crippen LogP) is 3.31. The number of aromatic nitrogens is 3. The summed E-state index contributed by atoms with van der Waals surface area (Å²) in [4.78, 5) is 27.8. The third-order valence-corrected chi connectivity index (χ3v) is 6.73. The molecule has 2 aromatic heterocycles. The molecule has 5 rings (SSSR count). The molecule has 0 atom stereocenters. The monoisotopic (exact) mass is 422 g/mol. The number of carbonyl (C=O) groups excluding carboxylic acids is 1. The van der Waals surface area contributed by atoms with E-state index in [1.54, 1.807) is 30.9 Å². The molecule has 1 saturated heterocycles. The topological polar surface area (TPSA) is 77.4 Å². The molecule has 0 N–H and O–H groups in total. The molecule has 7 nitrogen and oxygen atoms in total. The number of ether oxygens (including phenoxy) is 2. The van der Waals surface area contributed by atoms with Crippen molar-refractivity contribution in [2.45, 2.75) is 24.9 Å². The van der Waals surface area contributed by atoms with Crippen molar-refractivity contribution >= 4 is 17.2 Å². The molecule has 1 aromatic carbocycles. The van der Waals surface area contributed by atoms with Crippen molar-refractivity contribution in [3.63, 3.8) is 0 Å². The molecule has 1 fully saturated rings. The van der Waals surface area contributed by atoms with Crippen LogP contribution in [0.2, 0.25) is 0 Å². The largest absolute Gasteiger partial charge is 0.497 e. The number of methoxy groups -OCH3 is 1. The molecule has 8 heteroatoms. The number of hydrogen-bond acceptors (Lipinski definition) is 7. The van der Waals surface area contributed by atoms with Crippen LogP contribution in [0, 0.1) is 0 Å². The number of carbonyl (C=O) groups is 1. The quantitative estimate of drug-likeness (QED) is 0.644. The highest BCUT2D eigenvalue weighted by Gasteiger charge is 2.42. The Morgan fingerprint density at radius 1 is 1.23 bits per heavy atom. The molecule has 1 amide bonds. The lowest BCUT2D eigenvalue weighted by atomic mass is 9.79. The molecule has 2 aliphatic heterocycles. The predicted molar refractivity (Wildman–Crippen MR) is 113 cm³/mol. The van der Waals surface area contributed by atoms with Gasteiger partial charge in [-0.15, -0.1) is 11.3 Å². The van der Waals surface area contributed by atoms with Gasteiger partial charge in [0.25, 0.3) is 5.91 Å². The lowest BCUT2D eigenvalue weighted by Gasteiger charge is -2.45. The van der Waals surface area contributed by atoms with E-state index in [4.69, 9.17) is 9.47 Å². The number of hydrogen-bond donors (Lipinski definition) is 0. The number of likely N-dealkylation sites (tertiary alicyclic amines) is 1. The Balaban J connectivity index is 1.31. The van der Waals surface area contributed by atoms with E-state index in [2.05, 4.69) is 27.1 Å². The van der Waals surface area contributed by atoms with Crippen LogP contribution < -0.4 is 4.74 Å². The summed E-state index contributed by atoms with van der Waals surface area (Å²) in [5.74, 6) is 1.37. The number of rotatable bonds is 3. The molecule has 1 spiro atoms. The smallest absolute Gasteiger partial charge is 0.273 e. The average molecular weight is 423 g/mol. The van der Waals surface area contributed by atoms with Gasteiger partial charge in [0.2, 0.25) is 0 Å². The fourth-order valence-corrected chi connectivity index (χ4v) is 5.05. The normalized spacial score (nSPS) is 17.6. The number of piperidine rings is 1. The van der Waals surface area contributed by atoms with Crippen molar-refractivity contribution in [1.82, 2.24) is 19.9 Å². The second-order valence-corrected chi connectivity index (χ2v) is 8.38. The van der Waals surface area contributed by atoms with Crippen LogP contribution in [0.15, 0.2) is 42.0 Å². The van der Waals surface area contributed by atoms with E-state index in [1.165, 1.54) is 22.5 Å². The molecular formula is C22H22N4O3S. The van der Waals surface area contributed by atoms with E-state index in [0.29, 0.717) is 36.2 Å². The summed E-state index contributed by atoms with van der Waals surface area (Å²) in [6.45, 7) is 1.97. The van der Waals surface area contributed by atoms with Crippen molar-refractivity contribution in [3.8, 4) is 16.6 Å². The fraction of sp³-hybridized carbons (Fsp3) is 0.364. The van der Waals surface area contributed by atoms with Gasteiger partial charge in [0.1, 0.15) is 11.4 Å². The van der Waals surface area contributed by atoms with Crippen LogP contribution in [0.25, 0.3) is 10.8 Å². The zero-order chi connectivity index (χ0) is 20.6. The van der Waals surface area contributed by atoms with Crippen LogP contribution in [0.4, 0.5) is 0 Å². The lowest BCUT2D eigenvalue weighted by molar-refractivity contribution is -0.0935. The van der Waals surface area contributed by atoms with E-state index < -0.39 is 0 Å². The van der Waals surface area contributed by atoms with Crippen molar-refractivity contribution in [2.24, 2.45) is 0 Å². The van der Waals surface area contributed by atoms with Crippen LogP contribution in [0.5, 0.6) is 5.75 Å². The third kappa shape index (κ3) is 3.36. The van der Waals surface area contributed by atoms with Crippen LogP contribution in [0.1, 0.15) is 34.5 Å². The Hall–Kier alpha value is -2.84. The standard InChI is InChI=1S/C22H22N4O3S/c1-28-16-3-4-17-15(13-16)5-12-29-22(17)6-10-26(11-7-22)21(27)18-14-30-20(25-18)19-23-8-2-9-24-19/h2-4,8-9,13-14H,5-7,10-12H2,1H3. The van der Waals surface area contributed by atoms with Gasteiger partial charge < -0.3 is 14.4 Å². The SMILES string of the molecule is COc1ccc2c(c1)CCOC21CCN(C(=O)c2csc(-c3ncccn3)n2)CC1. The summed E-state index contributed by atoms with van der Waals surface area (Å²) in [5, 5.41) is 2.45. The van der Waals surface area contributed by atoms with Gasteiger partial charge in [0.15, 0.2) is 10.8 Å². The molecule has 30 heavy (non-hydrogen) atoms. The number of nitrogens with zero attached hydrogens (tertiary/aromatic N) is 4. The molecule has 2 aliphatic rings. The summed E-state index contributed by atoms with van der Waals surface area (Å²) < 4.78 is 11.7. The molecule has 154 valence electrons. The second kappa shape index (κ2) is 7.77. The van der Waals surface area contributed by atoms with E-state index in [9.17, 15) is 4.79 Å². The van der Waals surface area contributed by atoms with Crippen LogP contribution in [0.3, 0.4) is 0 Å². The van der Waals surface area contributed by atoms with Gasteiger partial charge >= 0.3 is 0 Å². The van der Waals surface area contributed by atoms with E-state index >= 15 is 0 Å². The first-order valence-corrected chi connectivity index (χ1v) is 10.9. The maximum Gasteiger partial charge on any atom is 0.273 e. The molecule has 3 aromatic rings. The number of fused-ring (bicyclic) bond motifs is 2. The van der Waals surface area contributed by atoms with Crippen molar-refractivity contribution in [1.29, 1.82) is 0 Å². The summed E-state index contributed by atoms with van der Waals surface area (Å²) in [7, 11) is 1.69. The van der Waals surface area contributed by atoms with E-state index in [1.807, 2.05) is 11.0 Å². The number of amides is 1. The van der Waals surface area contributed by atoms with Gasteiger partial charge in [-0.2, -0.15) is 0 Å². The fourth-order valence-electron chi connectivity index (χ4n) is 4.31. The Kier molecular flexibility index (Phi) is 4.96. The molecule has 4 heterocycles. The molecule has 0 aliphatic carbocycles. The number of benzene rings is 1. The van der Waals surface area contributed by atoms with Gasteiger partial charge in [0, 0.05) is 30.9 Å². The highest BCUT2D eigenvalue weighted by molar-refractivity contribution is 7.13. The Bertz CT molecular complexity index is 1060. The first kappa shape index (κ1) is 19.1. The maximum absolute atomic E-state index is 13.0. The maximum atomic E-state index is 13.0. The minimum Gasteiger partial charge on any atom is -0.497 e.